The lowest BCUT2D eigenvalue weighted by atomic mass is 10.0. The molecule has 0 fully saturated rings. The highest BCUT2D eigenvalue weighted by molar-refractivity contribution is 5.99. The monoisotopic (exact) mass is 291 g/mol. The Kier molecular flexibility index (Phi) is 3.20. The number of hydrogen-bond donors (Lipinski definition) is 1. The second-order valence-corrected chi connectivity index (χ2v) is 4.96. The molecule has 108 valence electrons. The van der Waals surface area contributed by atoms with Crippen LogP contribution in [0.1, 0.15) is 21.5 Å². The van der Waals surface area contributed by atoms with E-state index in [1.807, 2.05) is 35.6 Å². The van der Waals surface area contributed by atoms with Crippen molar-refractivity contribution >= 4 is 5.91 Å². The molecular weight excluding hydrogens is 279 g/mol. The van der Waals surface area contributed by atoms with Gasteiger partial charge in [0.05, 0.1) is 0 Å². The third-order valence-electron chi connectivity index (χ3n) is 3.54. The normalized spacial score (nSPS) is 12.7. The first-order valence-electron chi connectivity index (χ1n) is 6.51. The first-order chi connectivity index (χ1) is 9.96. The van der Waals surface area contributed by atoms with Crippen molar-refractivity contribution in [2.75, 3.05) is 6.54 Å². The van der Waals surface area contributed by atoms with Gasteiger partial charge in [0.25, 0.3) is 5.91 Å². The van der Waals surface area contributed by atoms with Crippen LogP contribution in [0.2, 0.25) is 0 Å². The van der Waals surface area contributed by atoms with Crippen LogP contribution in [-0.4, -0.2) is 18.6 Å². The number of fused-ring (bicyclic) bond motifs is 3. The van der Waals surface area contributed by atoms with Crippen LogP contribution in [0, 0.1) is 0 Å². The summed E-state index contributed by atoms with van der Waals surface area (Å²) in [4.78, 5) is 12.0. The smallest absolute Gasteiger partial charge is 0.343 e. The van der Waals surface area contributed by atoms with Gasteiger partial charge in [-0.05, 0) is 34.7 Å². The molecule has 0 unspecified atom stereocenters. The molecule has 3 rings (SSSR count). The molecule has 1 aliphatic carbocycles. The number of nitrogens with one attached hydrogen (secondary N) is 1. The second kappa shape index (κ2) is 4.91. The number of hydrogen-bond acceptors (Lipinski definition) is 1. The van der Waals surface area contributed by atoms with Gasteiger partial charge in [0.2, 0.25) is 0 Å². The van der Waals surface area contributed by atoms with Gasteiger partial charge in [-0.15, -0.1) is 0 Å². The molecule has 0 aliphatic heterocycles. The molecule has 2 nitrogen and oxygen atoms in total. The molecule has 0 saturated heterocycles. The van der Waals surface area contributed by atoms with Crippen LogP contribution >= 0.6 is 0 Å². The Labute approximate surface area is 119 Å². The number of carbonyl (C=O) groups excluding carboxylic acids is 1. The van der Waals surface area contributed by atoms with Gasteiger partial charge in [0.1, 0.15) is 6.54 Å². The fraction of sp³-hybridized carbons (Fsp3) is 0.188. The minimum atomic E-state index is -4.41. The summed E-state index contributed by atoms with van der Waals surface area (Å²) in [6.07, 6.45) is -3.84. The molecule has 0 heterocycles. The zero-order chi connectivity index (χ0) is 15.0. The highest BCUT2D eigenvalue weighted by Crippen LogP contribution is 2.37. The molecule has 1 aliphatic rings. The van der Waals surface area contributed by atoms with E-state index in [-0.39, 0.29) is 0 Å². The fourth-order valence-corrected chi connectivity index (χ4v) is 2.65. The van der Waals surface area contributed by atoms with Crippen molar-refractivity contribution < 1.29 is 18.0 Å². The molecule has 21 heavy (non-hydrogen) atoms. The number of benzene rings is 2. The van der Waals surface area contributed by atoms with Crippen LogP contribution < -0.4 is 5.32 Å². The Morgan fingerprint density at radius 2 is 1.76 bits per heavy atom. The molecule has 2 aromatic carbocycles. The molecule has 1 N–H and O–H groups in total. The molecule has 0 radical (unpaired) electrons. The highest BCUT2D eigenvalue weighted by atomic mass is 19.4. The largest absolute Gasteiger partial charge is 0.405 e. The topological polar surface area (TPSA) is 29.1 Å². The first kappa shape index (κ1) is 13.7. The van der Waals surface area contributed by atoms with Gasteiger partial charge in [0, 0.05) is 5.56 Å². The van der Waals surface area contributed by atoms with E-state index in [2.05, 4.69) is 0 Å². The average molecular weight is 291 g/mol. The van der Waals surface area contributed by atoms with Gasteiger partial charge in [-0.2, -0.15) is 13.2 Å². The number of alkyl halides is 3. The summed E-state index contributed by atoms with van der Waals surface area (Å²) in [5.74, 6) is -0.683. The van der Waals surface area contributed by atoms with Crippen LogP contribution in [0.15, 0.2) is 42.5 Å². The van der Waals surface area contributed by atoms with Gasteiger partial charge in [0.15, 0.2) is 0 Å². The van der Waals surface area contributed by atoms with E-state index in [1.165, 1.54) is 0 Å². The zero-order valence-electron chi connectivity index (χ0n) is 11.0. The third kappa shape index (κ3) is 2.63. The summed E-state index contributed by atoms with van der Waals surface area (Å²) in [5.41, 5.74) is 4.15. The summed E-state index contributed by atoms with van der Waals surface area (Å²) in [6, 6.07) is 12.9. The van der Waals surface area contributed by atoms with Crippen molar-refractivity contribution in [1.29, 1.82) is 0 Å². The Bertz CT molecular complexity index is 707. The summed E-state index contributed by atoms with van der Waals surface area (Å²) in [6.45, 7) is -1.32. The predicted octanol–water partition coefficient (Wildman–Crippen LogP) is 3.55. The van der Waals surface area contributed by atoms with Crippen LogP contribution in [0.4, 0.5) is 13.2 Å². The van der Waals surface area contributed by atoms with Gasteiger partial charge < -0.3 is 5.32 Å². The van der Waals surface area contributed by atoms with Crippen molar-refractivity contribution in [2.24, 2.45) is 0 Å². The number of halogens is 3. The van der Waals surface area contributed by atoms with E-state index >= 15 is 0 Å². The Morgan fingerprint density at radius 1 is 1.05 bits per heavy atom. The van der Waals surface area contributed by atoms with E-state index in [1.54, 1.807) is 12.1 Å². The maximum absolute atomic E-state index is 12.2. The molecular formula is C16H12F3NO. The maximum Gasteiger partial charge on any atom is 0.405 e. The first-order valence-corrected chi connectivity index (χ1v) is 6.51. The second-order valence-electron chi connectivity index (χ2n) is 4.96. The van der Waals surface area contributed by atoms with Crippen LogP contribution in [0.5, 0.6) is 0 Å². The van der Waals surface area contributed by atoms with Crippen molar-refractivity contribution in [3.63, 3.8) is 0 Å². The highest BCUT2D eigenvalue weighted by Gasteiger charge is 2.29. The Balaban J connectivity index is 1.92. The van der Waals surface area contributed by atoms with Crippen molar-refractivity contribution in [3.05, 3.63) is 59.2 Å². The van der Waals surface area contributed by atoms with Gasteiger partial charge in [-0.3, -0.25) is 4.79 Å². The molecule has 0 spiro atoms. The fourth-order valence-electron chi connectivity index (χ4n) is 2.65. The summed E-state index contributed by atoms with van der Waals surface area (Å²) < 4.78 is 36.6. The maximum atomic E-state index is 12.2. The predicted molar refractivity (Wildman–Crippen MR) is 73.1 cm³/mol. The zero-order valence-corrected chi connectivity index (χ0v) is 11.0. The van der Waals surface area contributed by atoms with E-state index in [0.717, 1.165) is 22.3 Å². The number of carbonyl (C=O) groups is 1. The third-order valence-corrected chi connectivity index (χ3v) is 3.54. The van der Waals surface area contributed by atoms with Crippen molar-refractivity contribution in [2.45, 2.75) is 12.6 Å². The lowest BCUT2D eigenvalue weighted by molar-refractivity contribution is -0.123. The van der Waals surface area contributed by atoms with Gasteiger partial charge in [-0.1, -0.05) is 36.4 Å². The van der Waals surface area contributed by atoms with Crippen LogP contribution in [0.25, 0.3) is 11.1 Å². The molecule has 0 aromatic heterocycles. The minimum Gasteiger partial charge on any atom is -0.343 e. The summed E-state index contributed by atoms with van der Waals surface area (Å²) >= 11 is 0. The van der Waals surface area contributed by atoms with E-state index in [0.29, 0.717) is 12.0 Å². The number of rotatable bonds is 2. The van der Waals surface area contributed by atoms with Crippen LogP contribution in [-0.2, 0) is 6.42 Å². The van der Waals surface area contributed by atoms with E-state index in [9.17, 15) is 18.0 Å². The Hall–Kier alpha value is -2.30. The average Bonchev–Trinajstić information content (AvgIpc) is 2.82. The molecule has 0 saturated carbocycles. The Morgan fingerprint density at radius 3 is 2.52 bits per heavy atom. The molecule has 0 bridgehead atoms. The summed E-state index contributed by atoms with van der Waals surface area (Å²) in [7, 11) is 0. The minimum absolute atomic E-state index is 0.313. The van der Waals surface area contributed by atoms with Gasteiger partial charge >= 0.3 is 6.18 Å². The molecule has 5 heteroatoms. The lowest BCUT2D eigenvalue weighted by Crippen LogP contribution is -2.34. The van der Waals surface area contributed by atoms with Crippen molar-refractivity contribution in [3.8, 4) is 11.1 Å². The number of amides is 1. The van der Waals surface area contributed by atoms with Crippen LogP contribution in [0.3, 0.4) is 0 Å². The molecule has 1 amide bonds. The van der Waals surface area contributed by atoms with E-state index < -0.39 is 18.6 Å². The quantitative estimate of drug-likeness (QED) is 0.768. The lowest BCUT2D eigenvalue weighted by Gasteiger charge is -2.11. The van der Waals surface area contributed by atoms with E-state index in [4.69, 9.17) is 0 Å². The molecule has 0 atom stereocenters. The van der Waals surface area contributed by atoms with Gasteiger partial charge in [-0.25, -0.2) is 0 Å². The van der Waals surface area contributed by atoms with Crippen molar-refractivity contribution in [1.82, 2.24) is 5.32 Å². The standard InChI is InChI=1S/C16H12F3NO/c17-16(18,19)9-20-15(21)13-7-3-6-12-11-5-2-1-4-10(11)8-14(12)13/h1-7H,8-9H2,(H,20,21). The summed E-state index contributed by atoms with van der Waals surface area (Å²) in [5, 5.41) is 1.93. The SMILES string of the molecule is O=C(NCC(F)(F)F)c1cccc2c1Cc1ccccc1-2. The molecule has 2 aromatic rings.